The van der Waals surface area contributed by atoms with Crippen molar-refractivity contribution in [2.45, 2.75) is 6.42 Å². The molecule has 1 aromatic carbocycles. The van der Waals surface area contributed by atoms with Crippen LogP contribution in [-0.2, 0) is 6.42 Å². The Morgan fingerprint density at radius 2 is 1.93 bits per heavy atom. The number of hydrogen-bond donors (Lipinski definition) is 1. The summed E-state index contributed by atoms with van der Waals surface area (Å²) in [6, 6.07) is 12.5. The van der Waals surface area contributed by atoms with Crippen molar-refractivity contribution in [1.82, 2.24) is 9.97 Å². The fourth-order valence-electron chi connectivity index (χ4n) is 2.68. The molecule has 0 radical (unpaired) electrons. The van der Waals surface area contributed by atoms with Crippen molar-refractivity contribution in [3.63, 3.8) is 0 Å². The summed E-state index contributed by atoms with van der Waals surface area (Å²) >= 11 is 6.11. The zero-order valence-corrected chi connectivity index (χ0v) is 16.5. The number of carbonyl (C=O) groups excluding carboxylic acids is 1. The van der Waals surface area contributed by atoms with Crippen molar-refractivity contribution in [2.75, 3.05) is 30.9 Å². The van der Waals surface area contributed by atoms with Crippen molar-refractivity contribution >= 4 is 29.0 Å². The standard InChI is InChI=1S/C21H21ClN4O2/c1-26(12-8-15-5-9-23-10-6-15)20-13-16(7-11-24-20)21(27)25-17-3-4-19(28-2)18(22)14-17/h3-7,9-11,13-14H,8,12H2,1-2H3,(H,25,27). The highest BCUT2D eigenvalue weighted by Gasteiger charge is 2.11. The lowest BCUT2D eigenvalue weighted by atomic mass is 10.2. The predicted octanol–water partition coefficient (Wildman–Crippen LogP) is 4.07. The van der Waals surface area contributed by atoms with Crippen LogP contribution in [-0.4, -0.2) is 36.6 Å². The van der Waals surface area contributed by atoms with E-state index in [1.54, 1.807) is 56.0 Å². The monoisotopic (exact) mass is 396 g/mol. The van der Waals surface area contributed by atoms with Gasteiger partial charge in [-0.1, -0.05) is 11.6 Å². The summed E-state index contributed by atoms with van der Waals surface area (Å²) in [5.74, 6) is 1.06. The zero-order valence-electron chi connectivity index (χ0n) is 15.7. The summed E-state index contributed by atoms with van der Waals surface area (Å²) in [5, 5.41) is 3.28. The van der Waals surface area contributed by atoms with Gasteiger partial charge in [0.05, 0.1) is 12.1 Å². The van der Waals surface area contributed by atoms with Gasteiger partial charge in [-0.15, -0.1) is 0 Å². The Balaban J connectivity index is 1.66. The van der Waals surface area contributed by atoms with Crippen LogP contribution in [0.5, 0.6) is 5.75 Å². The van der Waals surface area contributed by atoms with E-state index in [4.69, 9.17) is 16.3 Å². The van der Waals surface area contributed by atoms with Crippen LogP contribution >= 0.6 is 11.6 Å². The summed E-state index contributed by atoms with van der Waals surface area (Å²) in [7, 11) is 3.50. The number of amides is 1. The molecule has 3 rings (SSSR count). The molecule has 0 saturated carbocycles. The first-order valence-corrected chi connectivity index (χ1v) is 9.15. The highest BCUT2D eigenvalue weighted by Crippen LogP contribution is 2.27. The predicted molar refractivity (Wildman–Crippen MR) is 111 cm³/mol. The van der Waals surface area contributed by atoms with Gasteiger partial charge in [0.2, 0.25) is 0 Å². The van der Waals surface area contributed by atoms with Gasteiger partial charge in [0, 0.05) is 43.4 Å². The van der Waals surface area contributed by atoms with Gasteiger partial charge in [-0.25, -0.2) is 4.98 Å². The normalized spacial score (nSPS) is 10.4. The third-order valence-corrected chi connectivity index (χ3v) is 4.59. The average molecular weight is 397 g/mol. The molecule has 1 amide bonds. The van der Waals surface area contributed by atoms with E-state index in [-0.39, 0.29) is 5.91 Å². The minimum absolute atomic E-state index is 0.229. The van der Waals surface area contributed by atoms with Gasteiger partial charge in [0.1, 0.15) is 11.6 Å². The SMILES string of the molecule is COc1ccc(NC(=O)c2ccnc(N(C)CCc3ccncc3)c2)cc1Cl. The molecule has 3 aromatic rings. The van der Waals surface area contributed by atoms with Crippen LogP contribution in [0.25, 0.3) is 0 Å². The van der Waals surface area contributed by atoms with Crippen molar-refractivity contribution in [3.05, 3.63) is 77.2 Å². The van der Waals surface area contributed by atoms with E-state index < -0.39 is 0 Å². The number of ether oxygens (including phenoxy) is 1. The summed E-state index contributed by atoms with van der Waals surface area (Å²) in [4.78, 5) is 23.0. The van der Waals surface area contributed by atoms with E-state index in [1.807, 2.05) is 24.1 Å². The van der Waals surface area contributed by atoms with Gasteiger partial charge in [0.15, 0.2) is 0 Å². The molecular formula is C21H21ClN4O2. The molecule has 2 aromatic heterocycles. The Morgan fingerprint density at radius 1 is 1.14 bits per heavy atom. The molecule has 6 nitrogen and oxygen atoms in total. The largest absolute Gasteiger partial charge is 0.495 e. The minimum atomic E-state index is -0.229. The van der Waals surface area contributed by atoms with Crippen LogP contribution in [0.3, 0.4) is 0 Å². The molecule has 7 heteroatoms. The Hall–Kier alpha value is -3.12. The third kappa shape index (κ3) is 4.98. The molecule has 0 atom stereocenters. The quantitative estimate of drug-likeness (QED) is 0.652. The van der Waals surface area contributed by atoms with Gasteiger partial charge in [-0.3, -0.25) is 9.78 Å². The van der Waals surface area contributed by atoms with E-state index in [0.717, 1.165) is 18.8 Å². The number of benzene rings is 1. The molecule has 0 aliphatic rings. The maximum absolute atomic E-state index is 12.6. The first-order chi connectivity index (χ1) is 13.6. The molecule has 2 heterocycles. The number of halogens is 1. The molecule has 0 saturated heterocycles. The number of carbonyl (C=O) groups is 1. The molecule has 0 fully saturated rings. The topological polar surface area (TPSA) is 67.3 Å². The zero-order chi connectivity index (χ0) is 19.9. The van der Waals surface area contributed by atoms with Crippen LogP contribution in [0.1, 0.15) is 15.9 Å². The number of hydrogen-bond acceptors (Lipinski definition) is 5. The molecule has 0 unspecified atom stereocenters. The number of anilines is 2. The average Bonchev–Trinajstić information content (AvgIpc) is 2.73. The van der Waals surface area contributed by atoms with E-state index in [2.05, 4.69) is 15.3 Å². The Bertz CT molecular complexity index is 950. The Morgan fingerprint density at radius 3 is 2.64 bits per heavy atom. The van der Waals surface area contributed by atoms with Crippen molar-refractivity contribution < 1.29 is 9.53 Å². The first kappa shape index (κ1) is 19.6. The molecular weight excluding hydrogens is 376 g/mol. The molecule has 0 spiro atoms. The Labute approximate surface area is 169 Å². The number of nitrogens with zero attached hydrogens (tertiary/aromatic N) is 3. The van der Waals surface area contributed by atoms with E-state index >= 15 is 0 Å². The maximum atomic E-state index is 12.6. The molecule has 0 aliphatic heterocycles. The summed E-state index contributed by atoms with van der Waals surface area (Å²) < 4.78 is 5.12. The molecule has 28 heavy (non-hydrogen) atoms. The van der Waals surface area contributed by atoms with Gasteiger partial charge in [-0.2, -0.15) is 0 Å². The van der Waals surface area contributed by atoms with Gasteiger partial charge in [-0.05, 0) is 54.4 Å². The number of rotatable bonds is 7. The molecule has 0 bridgehead atoms. The Kier molecular flexibility index (Phi) is 6.45. The lowest BCUT2D eigenvalue weighted by Crippen LogP contribution is -2.22. The highest BCUT2D eigenvalue weighted by atomic mass is 35.5. The number of nitrogens with one attached hydrogen (secondary N) is 1. The molecule has 0 aliphatic carbocycles. The second-order valence-corrected chi connectivity index (χ2v) is 6.64. The molecule has 1 N–H and O–H groups in total. The summed E-state index contributed by atoms with van der Waals surface area (Å²) in [6.07, 6.45) is 6.06. The van der Waals surface area contributed by atoms with Crippen LogP contribution < -0.4 is 15.0 Å². The maximum Gasteiger partial charge on any atom is 0.255 e. The second kappa shape index (κ2) is 9.19. The summed E-state index contributed by atoms with van der Waals surface area (Å²) in [6.45, 7) is 0.774. The fourth-order valence-corrected chi connectivity index (χ4v) is 2.93. The first-order valence-electron chi connectivity index (χ1n) is 8.78. The summed E-state index contributed by atoms with van der Waals surface area (Å²) in [5.41, 5.74) is 2.32. The minimum Gasteiger partial charge on any atom is -0.495 e. The number of pyridine rings is 2. The van der Waals surface area contributed by atoms with Gasteiger partial charge >= 0.3 is 0 Å². The van der Waals surface area contributed by atoms with Crippen molar-refractivity contribution in [2.24, 2.45) is 0 Å². The third-order valence-electron chi connectivity index (χ3n) is 4.29. The van der Waals surface area contributed by atoms with Crippen molar-refractivity contribution in [1.29, 1.82) is 0 Å². The van der Waals surface area contributed by atoms with Crippen LogP contribution in [0.4, 0.5) is 11.5 Å². The van der Waals surface area contributed by atoms with E-state index in [9.17, 15) is 4.79 Å². The smallest absolute Gasteiger partial charge is 0.255 e. The second-order valence-electron chi connectivity index (χ2n) is 6.23. The van der Waals surface area contributed by atoms with Crippen LogP contribution in [0.15, 0.2) is 61.1 Å². The van der Waals surface area contributed by atoms with Gasteiger partial charge < -0.3 is 15.0 Å². The fraction of sp³-hybridized carbons (Fsp3) is 0.190. The van der Waals surface area contributed by atoms with Crippen LogP contribution in [0, 0.1) is 0 Å². The number of methoxy groups -OCH3 is 1. The molecule has 144 valence electrons. The van der Waals surface area contributed by atoms with E-state index in [1.165, 1.54) is 5.56 Å². The highest BCUT2D eigenvalue weighted by molar-refractivity contribution is 6.32. The van der Waals surface area contributed by atoms with E-state index in [0.29, 0.717) is 22.0 Å². The number of aromatic nitrogens is 2. The lowest BCUT2D eigenvalue weighted by molar-refractivity contribution is 0.102. The number of likely N-dealkylation sites (N-methyl/N-ethyl adjacent to an activating group) is 1. The van der Waals surface area contributed by atoms with Gasteiger partial charge in [0.25, 0.3) is 5.91 Å². The van der Waals surface area contributed by atoms with Crippen molar-refractivity contribution in [3.8, 4) is 5.75 Å². The lowest BCUT2D eigenvalue weighted by Gasteiger charge is -2.18. The van der Waals surface area contributed by atoms with Crippen LogP contribution in [0.2, 0.25) is 5.02 Å².